The fraction of sp³-hybridized carbons (Fsp3) is 0.278. The Balaban J connectivity index is 2.09. The minimum atomic E-state index is -4.84. The first-order valence-electron chi connectivity index (χ1n) is 8.48. The number of pyridine rings is 1. The van der Waals surface area contributed by atoms with Crippen molar-refractivity contribution in [2.75, 3.05) is 6.67 Å². The zero-order chi connectivity index (χ0) is 21.9. The predicted molar refractivity (Wildman–Crippen MR) is 97.2 cm³/mol. The predicted octanol–water partition coefficient (Wildman–Crippen LogP) is 4.08. The summed E-state index contributed by atoms with van der Waals surface area (Å²) in [6, 6.07) is 4.29. The van der Waals surface area contributed by atoms with E-state index in [1.54, 1.807) is 6.07 Å². The Hall–Kier alpha value is -3.44. The Morgan fingerprint density at radius 2 is 2.03 bits per heavy atom. The third-order valence-electron chi connectivity index (χ3n) is 4.52. The standard InChI is InChI=1S/C18H15F5N6O/c19-9-17(5-15(18(21,22)23)30-16(24)28-17)13-4-11(1-2-14(13)20)12-3-10(6-26-8-12)7-27-29-25/h1-4,6-8,15,25H,5,9H2,(H2,24,28)/b27-7+,29-25?/t15-,17+/m0/s1. The smallest absolute Gasteiger partial charge is 0.425 e. The van der Waals surface area contributed by atoms with Gasteiger partial charge in [-0.25, -0.2) is 13.8 Å². The van der Waals surface area contributed by atoms with Gasteiger partial charge in [0.25, 0.3) is 6.02 Å². The molecule has 30 heavy (non-hydrogen) atoms. The van der Waals surface area contributed by atoms with E-state index < -0.39 is 42.8 Å². The highest BCUT2D eigenvalue weighted by Crippen LogP contribution is 2.42. The third kappa shape index (κ3) is 4.26. The van der Waals surface area contributed by atoms with Crippen LogP contribution in [0.3, 0.4) is 0 Å². The van der Waals surface area contributed by atoms with Gasteiger partial charge >= 0.3 is 6.18 Å². The van der Waals surface area contributed by atoms with Crippen LogP contribution in [0.1, 0.15) is 17.5 Å². The van der Waals surface area contributed by atoms with Crippen molar-refractivity contribution in [1.29, 1.82) is 5.53 Å². The number of rotatable bonds is 5. The van der Waals surface area contributed by atoms with E-state index in [-0.39, 0.29) is 5.56 Å². The number of aliphatic imine (C=N–C) groups is 1. The van der Waals surface area contributed by atoms with Crippen LogP contribution in [0, 0.1) is 11.3 Å². The molecule has 1 aliphatic heterocycles. The molecule has 3 N–H and O–H groups in total. The number of hydrogen-bond donors (Lipinski definition) is 2. The lowest BCUT2D eigenvalue weighted by atomic mass is 9.83. The summed E-state index contributed by atoms with van der Waals surface area (Å²) in [5.41, 5.74) is 10.7. The van der Waals surface area contributed by atoms with Gasteiger partial charge in [0.05, 0.1) is 6.21 Å². The van der Waals surface area contributed by atoms with E-state index in [9.17, 15) is 22.0 Å². The van der Waals surface area contributed by atoms with Gasteiger partial charge in [-0.2, -0.15) is 18.7 Å². The van der Waals surface area contributed by atoms with E-state index >= 15 is 0 Å². The molecule has 0 bridgehead atoms. The lowest BCUT2D eigenvalue weighted by Gasteiger charge is -2.36. The molecule has 2 aromatic rings. The van der Waals surface area contributed by atoms with Crippen LogP contribution in [-0.2, 0) is 10.3 Å². The number of nitrogens with zero attached hydrogens (tertiary/aromatic N) is 4. The third-order valence-corrected chi connectivity index (χ3v) is 4.52. The number of benzene rings is 1. The molecule has 7 nitrogen and oxygen atoms in total. The van der Waals surface area contributed by atoms with Crippen LogP contribution in [0.4, 0.5) is 22.0 Å². The second-order valence-corrected chi connectivity index (χ2v) is 6.51. The first-order chi connectivity index (χ1) is 14.2. The van der Waals surface area contributed by atoms with Crippen LogP contribution >= 0.6 is 0 Å². The minimum absolute atomic E-state index is 0.355. The van der Waals surface area contributed by atoms with Crippen molar-refractivity contribution in [3.63, 3.8) is 0 Å². The van der Waals surface area contributed by atoms with Crippen molar-refractivity contribution >= 4 is 12.2 Å². The number of halogens is 5. The molecule has 158 valence electrons. The molecular weight excluding hydrogens is 411 g/mol. The van der Waals surface area contributed by atoms with Gasteiger partial charge in [-0.15, -0.1) is 5.10 Å². The summed E-state index contributed by atoms with van der Waals surface area (Å²) < 4.78 is 72.8. The molecule has 2 heterocycles. The van der Waals surface area contributed by atoms with Crippen LogP contribution in [0.25, 0.3) is 11.1 Å². The number of alkyl halides is 4. The lowest BCUT2D eigenvalue weighted by Crippen LogP contribution is -2.48. The molecule has 0 fully saturated rings. The molecule has 0 spiro atoms. The Kier molecular flexibility index (Phi) is 5.76. The summed E-state index contributed by atoms with van der Waals surface area (Å²) in [5, 5.41) is 6.26. The zero-order valence-electron chi connectivity index (χ0n) is 15.2. The van der Waals surface area contributed by atoms with Gasteiger partial charge in [-0.1, -0.05) is 11.3 Å². The fourth-order valence-corrected chi connectivity index (χ4v) is 3.13. The van der Waals surface area contributed by atoms with Gasteiger partial charge in [-0.05, 0) is 23.8 Å². The number of nitrogens with one attached hydrogen (secondary N) is 1. The molecular formula is C18H15F5N6O. The van der Waals surface area contributed by atoms with Crippen molar-refractivity contribution in [3.05, 3.63) is 53.6 Å². The van der Waals surface area contributed by atoms with Crippen LogP contribution in [0.15, 0.2) is 52.0 Å². The van der Waals surface area contributed by atoms with Gasteiger partial charge in [0, 0.05) is 35.5 Å². The van der Waals surface area contributed by atoms with Gasteiger partial charge < -0.3 is 10.5 Å². The van der Waals surface area contributed by atoms with Crippen molar-refractivity contribution < 1.29 is 26.7 Å². The van der Waals surface area contributed by atoms with Crippen molar-refractivity contribution in [1.82, 2.24) is 4.98 Å². The van der Waals surface area contributed by atoms with Crippen LogP contribution in [0.2, 0.25) is 0 Å². The summed E-state index contributed by atoms with van der Waals surface area (Å²) in [6.07, 6.45) is -4.12. The number of amidine groups is 1. The van der Waals surface area contributed by atoms with E-state index in [4.69, 9.17) is 11.3 Å². The molecule has 1 aromatic carbocycles. The average Bonchev–Trinajstić information content (AvgIpc) is 2.71. The van der Waals surface area contributed by atoms with E-state index in [0.717, 1.165) is 6.07 Å². The molecule has 0 radical (unpaired) electrons. The maximum absolute atomic E-state index is 14.6. The average molecular weight is 426 g/mol. The van der Waals surface area contributed by atoms with Crippen LogP contribution in [0.5, 0.6) is 0 Å². The molecule has 0 unspecified atom stereocenters. The summed E-state index contributed by atoms with van der Waals surface area (Å²) >= 11 is 0. The second-order valence-electron chi connectivity index (χ2n) is 6.51. The SMILES string of the molecule is N=N/N=C/c1cncc(-c2ccc(F)c([C@]3(CF)C[C@@H](C(F)(F)F)OC(N)=N3)c2)c1. The normalized spacial score (nSPS) is 21.9. The molecule has 12 heteroatoms. The lowest BCUT2D eigenvalue weighted by molar-refractivity contribution is -0.209. The molecule has 3 rings (SSSR count). The molecule has 1 aliphatic rings. The van der Waals surface area contributed by atoms with Crippen molar-refractivity contribution in [3.8, 4) is 11.1 Å². The Bertz CT molecular complexity index is 1010. The van der Waals surface area contributed by atoms with Crippen molar-refractivity contribution in [2.45, 2.75) is 24.2 Å². The number of ether oxygens (including phenoxy) is 1. The van der Waals surface area contributed by atoms with Gasteiger partial charge in [-0.3, -0.25) is 4.98 Å². The highest BCUT2D eigenvalue weighted by atomic mass is 19.4. The first kappa shape index (κ1) is 21.3. The Morgan fingerprint density at radius 1 is 1.27 bits per heavy atom. The van der Waals surface area contributed by atoms with E-state index in [1.165, 1.54) is 30.7 Å². The van der Waals surface area contributed by atoms with Gasteiger partial charge in [0.2, 0.25) is 0 Å². The summed E-state index contributed by atoms with van der Waals surface area (Å²) in [7, 11) is 0. The van der Waals surface area contributed by atoms with E-state index in [1.807, 2.05) is 0 Å². The number of aromatic nitrogens is 1. The molecule has 0 saturated carbocycles. The van der Waals surface area contributed by atoms with Crippen LogP contribution < -0.4 is 5.73 Å². The molecule has 2 atom stereocenters. The van der Waals surface area contributed by atoms with E-state index in [0.29, 0.717) is 16.7 Å². The largest absolute Gasteiger partial charge is 0.452 e. The fourth-order valence-electron chi connectivity index (χ4n) is 3.13. The summed E-state index contributed by atoms with van der Waals surface area (Å²) in [6.45, 7) is -1.42. The molecule has 0 saturated heterocycles. The van der Waals surface area contributed by atoms with Gasteiger partial charge in [0.1, 0.15) is 18.0 Å². The highest BCUT2D eigenvalue weighted by molar-refractivity contribution is 5.81. The molecule has 1 aromatic heterocycles. The van der Waals surface area contributed by atoms with E-state index in [2.05, 4.69) is 25.0 Å². The molecule has 0 aliphatic carbocycles. The quantitative estimate of drug-likeness (QED) is 0.325. The maximum atomic E-state index is 14.6. The number of hydrogen-bond acceptors (Lipinski definition) is 6. The van der Waals surface area contributed by atoms with Gasteiger partial charge in [0.15, 0.2) is 6.10 Å². The summed E-state index contributed by atoms with van der Waals surface area (Å²) in [5.74, 6) is -0.936. The second kappa shape index (κ2) is 8.13. The monoisotopic (exact) mass is 426 g/mol. The minimum Gasteiger partial charge on any atom is -0.452 e. The summed E-state index contributed by atoms with van der Waals surface area (Å²) in [4.78, 5) is 7.70. The van der Waals surface area contributed by atoms with Crippen LogP contribution in [-0.4, -0.2) is 36.2 Å². The first-order valence-corrected chi connectivity index (χ1v) is 8.48. The Labute approximate surface area is 167 Å². The highest BCUT2D eigenvalue weighted by Gasteiger charge is 2.52. The van der Waals surface area contributed by atoms with Crippen molar-refractivity contribution in [2.24, 2.45) is 21.1 Å². The Morgan fingerprint density at radius 3 is 2.70 bits per heavy atom. The zero-order valence-corrected chi connectivity index (χ0v) is 15.2. The number of nitrogens with two attached hydrogens (primary N) is 1. The molecule has 0 amide bonds. The maximum Gasteiger partial charge on any atom is 0.425 e. The topological polar surface area (TPSA) is 109 Å².